The van der Waals surface area contributed by atoms with Crippen molar-refractivity contribution in [1.82, 2.24) is 10.2 Å². The summed E-state index contributed by atoms with van der Waals surface area (Å²) >= 11 is 1.24. The van der Waals surface area contributed by atoms with Crippen molar-refractivity contribution >= 4 is 27.2 Å². The summed E-state index contributed by atoms with van der Waals surface area (Å²) in [4.78, 5) is 0.960. The number of aromatic nitrogens is 2. The molecule has 0 amide bonds. The van der Waals surface area contributed by atoms with Crippen LogP contribution in [-0.2, 0) is 10.0 Å². The lowest BCUT2D eigenvalue weighted by Crippen LogP contribution is -2.12. The fraction of sp³-hybridized carbons (Fsp3) is 0.222. The van der Waals surface area contributed by atoms with Gasteiger partial charge in [-0.3, -0.25) is 9.82 Å². The topological polar surface area (TPSA) is 74.8 Å². The van der Waals surface area contributed by atoms with Crippen molar-refractivity contribution in [1.29, 1.82) is 0 Å². The fourth-order valence-corrected chi connectivity index (χ4v) is 3.56. The molecule has 0 saturated carbocycles. The van der Waals surface area contributed by atoms with Gasteiger partial charge in [-0.25, -0.2) is 8.42 Å². The zero-order valence-corrected chi connectivity index (χ0v) is 10.4. The number of aryl methyl sites for hydroxylation is 2. The first-order valence-corrected chi connectivity index (χ1v) is 6.88. The van der Waals surface area contributed by atoms with Crippen molar-refractivity contribution in [3.8, 4) is 0 Å². The lowest BCUT2D eigenvalue weighted by atomic mass is 10.4. The molecule has 2 N–H and O–H groups in total. The van der Waals surface area contributed by atoms with Crippen LogP contribution in [0.3, 0.4) is 0 Å². The van der Waals surface area contributed by atoms with Crippen LogP contribution in [0.2, 0.25) is 0 Å². The number of hydrogen-bond donors (Lipinski definition) is 2. The number of anilines is 1. The van der Waals surface area contributed by atoms with Gasteiger partial charge in [-0.15, -0.1) is 11.3 Å². The van der Waals surface area contributed by atoms with E-state index in [-0.39, 0.29) is 0 Å². The molecule has 0 radical (unpaired) electrons. The van der Waals surface area contributed by atoms with Crippen molar-refractivity contribution in [3.63, 3.8) is 0 Å². The van der Waals surface area contributed by atoms with Crippen LogP contribution in [-0.4, -0.2) is 18.6 Å². The third-order valence-electron chi connectivity index (χ3n) is 2.05. The molecule has 0 unspecified atom stereocenters. The second-order valence-corrected chi connectivity index (χ2v) is 6.60. The average molecular weight is 257 g/mol. The Morgan fingerprint density at radius 2 is 2.12 bits per heavy atom. The Morgan fingerprint density at radius 1 is 1.38 bits per heavy atom. The van der Waals surface area contributed by atoms with Gasteiger partial charge in [0, 0.05) is 10.4 Å². The monoisotopic (exact) mass is 257 g/mol. The van der Waals surface area contributed by atoms with Crippen molar-refractivity contribution < 1.29 is 8.42 Å². The Balaban J connectivity index is 2.31. The summed E-state index contributed by atoms with van der Waals surface area (Å²) in [7, 11) is -3.49. The second kappa shape index (κ2) is 3.91. The van der Waals surface area contributed by atoms with Gasteiger partial charge in [0.2, 0.25) is 0 Å². The molecule has 0 aliphatic carbocycles. The molecule has 86 valence electrons. The Hall–Kier alpha value is -1.34. The molecule has 0 atom stereocenters. The van der Waals surface area contributed by atoms with Crippen LogP contribution in [0, 0.1) is 13.8 Å². The predicted molar refractivity (Wildman–Crippen MR) is 63.2 cm³/mol. The normalized spacial score (nSPS) is 11.6. The van der Waals surface area contributed by atoms with Crippen LogP contribution in [0.5, 0.6) is 0 Å². The van der Waals surface area contributed by atoms with E-state index in [1.54, 1.807) is 25.3 Å². The molecular weight excluding hydrogens is 246 g/mol. The molecule has 2 aromatic heterocycles. The molecule has 0 aromatic carbocycles. The molecule has 7 heteroatoms. The van der Waals surface area contributed by atoms with Crippen LogP contribution >= 0.6 is 11.3 Å². The Morgan fingerprint density at radius 3 is 2.62 bits per heavy atom. The van der Waals surface area contributed by atoms with Crippen LogP contribution in [0.4, 0.5) is 5.82 Å². The molecule has 2 rings (SSSR count). The van der Waals surface area contributed by atoms with E-state index in [1.165, 1.54) is 11.3 Å². The third-order valence-corrected chi connectivity index (χ3v) is 4.89. The van der Waals surface area contributed by atoms with Gasteiger partial charge in [-0.2, -0.15) is 5.10 Å². The summed E-state index contributed by atoms with van der Waals surface area (Å²) in [5.41, 5.74) is 0.761. The van der Waals surface area contributed by atoms with E-state index in [2.05, 4.69) is 14.9 Å². The van der Waals surface area contributed by atoms with Gasteiger partial charge in [0.25, 0.3) is 10.0 Å². The van der Waals surface area contributed by atoms with Gasteiger partial charge >= 0.3 is 0 Å². The summed E-state index contributed by atoms with van der Waals surface area (Å²) < 4.78 is 26.6. The number of nitrogens with zero attached hydrogens (tertiary/aromatic N) is 1. The van der Waals surface area contributed by atoms with Crippen molar-refractivity contribution in [2.45, 2.75) is 18.1 Å². The zero-order chi connectivity index (χ0) is 11.8. The van der Waals surface area contributed by atoms with E-state index >= 15 is 0 Å². The predicted octanol–water partition coefficient (Wildman–Crippen LogP) is 1.89. The average Bonchev–Trinajstić information content (AvgIpc) is 2.77. The molecule has 0 aliphatic heterocycles. The lowest BCUT2D eigenvalue weighted by molar-refractivity contribution is 0.603. The first-order valence-electron chi connectivity index (χ1n) is 4.58. The molecule has 0 bridgehead atoms. The van der Waals surface area contributed by atoms with Crippen LogP contribution in [0.1, 0.15) is 10.4 Å². The van der Waals surface area contributed by atoms with Gasteiger partial charge in [-0.1, -0.05) is 0 Å². The van der Waals surface area contributed by atoms with E-state index in [0.717, 1.165) is 10.4 Å². The van der Waals surface area contributed by atoms with Crippen molar-refractivity contribution in [2.75, 3.05) is 4.72 Å². The lowest BCUT2D eigenvalue weighted by Gasteiger charge is -2.03. The van der Waals surface area contributed by atoms with Gasteiger partial charge in [-0.05, 0) is 26.0 Å². The molecule has 0 spiro atoms. The van der Waals surface area contributed by atoms with E-state index < -0.39 is 10.0 Å². The number of nitrogens with one attached hydrogen (secondary N) is 2. The highest BCUT2D eigenvalue weighted by molar-refractivity contribution is 7.94. The first-order chi connectivity index (χ1) is 7.49. The van der Waals surface area contributed by atoms with Crippen molar-refractivity contribution in [3.05, 3.63) is 28.8 Å². The quantitative estimate of drug-likeness (QED) is 0.881. The first kappa shape index (κ1) is 11.2. The molecule has 16 heavy (non-hydrogen) atoms. The van der Waals surface area contributed by atoms with Gasteiger partial charge in [0.05, 0.1) is 6.20 Å². The Kier molecular flexibility index (Phi) is 2.73. The van der Waals surface area contributed by atoms with Gasteiger partial charge in [0.1, 0.15) is 10.0 Å². The zero-order valence-electron chi connectivity index (χ0n) is 8.81. The number of sulfonamides is 1. The minimum Gasteiger partial charge on any atom is -0.263 e. The van der Waals surface area contributed by atoms with E-state index in [4.69, 9.17) is 0 Å². The standard InChI is InChI=1S/C9H11N3O2S2/c1-6-5-10-11-9(6)12-16(13,14)8-4-3-7(2)15-8/h3-5H,1-2H3,(H2,10,11,12). The summed E-state index contributed by atoms with van der Waals surface area (Å²) in [6.07, 6.45) is 1.57. The highest BCUT2D eigenvalue weighted by Crippen LogP contribution is 2.23. The van der Waals surface area contributed by atoms with E-state index in [1.807, 2.05) is 6.92 Å². The number of hydrogen-bond acceptors (Lipinski definition) is 4. The van der Waals surface area contributed by atoms with Crippen LogP contribution < -0.4 is 4.72 Å². The molecule has 2 aromatic rings. The summed E-state index contributed by atoms with van der Waals surface area (Å²) in [6.45, 7) is 3.64. The molecule has 2 heterocycles. The highest BCUT2D eigenvalue weighted by Gasteiger charge is 2.17. The molecular formula is C9H11N3O2S2. The maximum atomic E-state index is 11.9. The Labute approximate surface area is 97.6 Å². The Bertz CT molecular complexity index is 598. The smallest absolute Gasteiger partial charge is 0.263 e. The van der Waals surface area contributed by atoms with Crippen LogP contribution in [0.25, 0.3) is 0 Å². The fourth-order valence-electron chi connectivity index (χ4n) is 1.19. The van der Waals surface area contributed by atoms with E-state index in [0.29, 0.717) is 10.0 Å². The SMILES string of the molecule is Cc1ccc(S(=O)(=O)Nc2[nH]ncc2C)s1. The maximum Gasteiger partial charge on any atom is 0.272 e. The third kappa shape index (κ3) is 2.10. The minimum atomic E-state index is -3.49. The molecule has 5 nitrogen and oxygen atoms in total. The number of thiophene rings is 1. The molecule has 0 fully saturated rings. The van der Waals surface area contributed by atoms with Gasteiger partial charge < -0.3 is 0 Å². The largest absolute Gasteiger partial charge is 0.272 e. The maximum absolute atomic E-state index is 11.9. The summed E-state index contributed by atoms with van der Waals surface area (Å²) in [5.74, 6) is 0.408. The minimum absolute atomic E-state index is 0.305. The van der Waals surface area contributed by atoms with Crippen molar-refractivity contribution in [2.24, 2.45) is 0 Å². The second-order valence-electron chi connectivity index (χ2n) is 3.40. The number of H-pyrrole nitrogens is 1. The molecule has 0 saturated heterocycles. The summed E-state index contributed by atoms with van der Waals surface area (Å²) in [6, 6.07) is 3.37. The van der Waals surface area contributed by atoms with Crippen LogP contribution in [0.15, 0.2) is 22.5 Å². The summed E-state index contributed by atoms with van der Waals surface area (Å²) in [5, 5.41) is 6.36. The highest BCUT2D eigenvalue weighted by atomic mass is 32.2. The molecule has 0 aliphatic rings. The number of aromatic amines is 1. The van der Waals surface area contributed by atoms with Gasteiger partial charge in [0.15, 0.2) is 0 Å². The number of rotatable bonds is 3. The van der Waals surface area contributed by atoms with E-state index in [9.17, 15) is 8.42 Å².